The summed E-state index contributed by atoms with van der Waals surface area (Å²) >= 11 is 1.51. The second-order valence-corrected chi connectivity index (χ2v) is 6.11. The van der Waals surface area contributed by atoms with Gasteiger partial charge < -0.3 is 15.0 Å². The molecule has 0 amide bonds. The molecule has 6 nitrogen and oxygen atoms in total. The van der Waals surface area contributed by atoms with Gasteiger partial charge in [-0.1, -0.05) is 18.7 Å². The molecule has 2 atom stereocenters. The largest absolute Gasteiger partial charge is 0.468 e. The van der Waals surface area contributed by atoms with Gasteiger partial charge in [-0.2, -0.15) is 0 Å². The van der Waals surface area contributed by atoms with E-state index in [4.69, 9.17) is 4.74 Å². The predicted octanol–water partition coefficient (Wildman–Crippen LogP) is 0.936. The van der Waals surface area contributed by atoms with Gasteiger partial charge in [-0.25, -0.2) is 4.98 Å². The van der Waals surface area contributed by atoms with E-state index in [1.165, 1.54) is 31.1 Å². The lowest BCUT2D eigenvalue weighted by Gasteiger charge is -2.27. The van der Waals surface area contributed by atoms with Crippen molar-refractivity contribution >= 4 is 17.7 Å². The van der Waals surface area contributed by atoms with Crippen LogP contribution in [0.5, 0.6) is 0 Å². The maximum atomic E-state index is 12.0. The number of ether oxygens (including phenoxy) is 1. The number of methoxy groups -OCH3 is 1. The number of hydrogen-bond acceptors (Lipinski definition) is 6. The van der Waals surface area contributed by atoms with Crippen molar-refractivity contribution < 1.29 is 9.53 Å². The van der Waals surface area contributed by atoms with E-state index in [-0.39, 0.29) is 16.8 Å². The zero-order valence-corrected chi connectivity index (χ0v) is 12.5. The van der Waals surface area contributed by atoms with Crippen LogP contribution in [-0.4, -0.2) is 40.4 Å². The number of aromatic amines is 1. The number of hydrogen-bond donors (Lipinski definition) is 2. The van der Waals surface area contributed by atoms with Gasteiger partial charge in [0.05, 0.1) is 7.11 Å². The summed E-state index contributed by atoms with van der Waals surface area (Å²) in [4.78, 5) is 30.1. The van der Waals surface area contributed by atoms with Gasteiger partial charge in [-0.15, -0.1) is 0 Å². The van der Waals surface area contributed by atoms with Gasteiger partial charge in [0, 0.05) is 17.5 Å². The smallest absolute Gasteiger partial charge is 0.326 e. The third-order valence-electron chi connectivity index (χ3n) is 3.49. The monoisotopic (exact) mass is 297 g/mol. The van der Waals surface area contributed by atoms with Gasteiger partial charge in [-0.05, 0) is 25.8 Å². The molecular weight excluding hydrogens is 278 g/mol. The second-order valence-electron chi connectivity index (χ2n) is 4.83. The third-order valence-corrected chi connectivity index (χ3v) is 4.65. The molecule has 1 aliphatic rings. The van der Waals surface area contributed by atoms with Gasteiger partial charge in [0.15, 0.2) is 5.16 Å². The molecule has 0 saturated heterocycles. The average Bonchev–Trinajstić information content (AvgIpc) is 2.82. The van der Waals surface area contributed by atoms with Crippen LogP contribution in [0.2, 0.25) is 0 Å². The first kappa shape index (κ1) is 15.1. The van der Waals surface area contributed by atoms with Crippen molar-refractivity contribution in [1.82, 2.24) is 15.3 Å². The van der Waals surface area contributed by atoms with Crippen LogP contribution in [0.1, 0.15) is 26.2 Å². The summed E-state index contributed by atoms with van der Waals surface area (Å²) in [7, 11) is 1.41. The van der Waals surface area contributed by atoms with Crippen LogP contribution >= 0.6 is 11.8 Å². The summed E-state index contributed by atoms with van der Waals surface area (Å²) in [6, 6.07) is 1.39. The Kier molecular flexibility index (Phi) is 4.82. The van der Waals surface area contributed by atoms with Gasteiger partial charge in [-0.3, -0.25) is 9.59 Å². The molecule has 110 valence electrons. The summed E-state index contributed by atoms with van der Waals surface area (Å²) in [5, 5.41) is 4.09. The zero-order valence-electron chi connectivity index (χ0n) is 11.6. The molecule has 20 heavy (non-hydrogen) atoms. The number of carbonyl (C=O) groups is 1. The SMILES string of the molecule is CCNC1(C(=O)OC)CCC(Sc2nccc(=O)[nH]2)C1. The van der Waals surface area contributed by atoms with E-state index in [1.807, 2.05) is 6.92 Å². The lowest BCUT2D eigenvalue weighted by atomic mass is 9.98. The van der Waals surface area contributed by atoms with Crippen molar-refractivity contribution in [3.63, 3.8) is 0 Å². The molecule has 1 aromatic heterocycles. The number of thioether (sulfide) groups is 1. The highest BCUT2D eigenvalue weighted by Gasteiger charge is 2.46. The molecule has 0 spiro atoms. The molecule has 2 rings (SSSR count). The first-order valence-electron chi connectivity index (χ1n) is 6.65. The lowest BCUT2D eigenvalue weighted by Crippen LogP contribution is -2.50. The van der Waals surface area contributed by atoms with Crippen LogP contribution in [0.15, 0.2) is 22.2 Å². The molecule has 1 fully saturated rings. The predicted molar refractivity (Wildman–Crippen MR) is 76.8 cm³/mol. The van der Waals surface area contributed by atoms with Crippen molar-refractivity contribution in [1.29, 1.82) is 0 Å². The second kappa shape index (κ2) is 6.41. The number of likely N-dealkylation sites (N-methyl/N-ethyl adjacent to an activating group) is 1. The quantitative estimate of drug-likeness (QED) is 0.621. The number of aromatic nitrogens is 2. The van der Waals surface area contributed by atoms with E-state index in [9.17, 15) is 9.59 Å². The molecule has 0 aliphatic heterocycles. The van der Waals surface area contributed by atoms with E-state index in [0.29, 0.717) is 18.1 Å². The van der Waals surface area contributed by atoms with E-state index in [2.05, 4.69) is 15.3 Å². The number of H-pyrrole nitrogens is 1. The number of nitrogens with zero attached hydrogens (tertiary/aromatic N) is 1. The highest BCUT2D eigenvalue weighted by Crippen LogP contribution is 2.39. The van der Waals surface area contributed by atoms with Crippen LogP contribution in [-0.2, 0) is 9.53 Å². The Bertz CT molecular complexity index is 534. The van der Waals surface area contributed by atoms with Gasteiger partial charge in [0.25, 0.3) is 5.56 Å². The molecule has 0 radical (unpaired) electrons. The van der Waals surface area contributed by atoms with Crippen molar-refractivity contribution in [3.8, 4) is 0 Å². The Hall–Kier alpha value is -1.34. The Morgan fingerprint density at radius 3 is 3.15 bits per heavy atom. The maximum absolute atomic E-state index is 12.0. The molecule has 0 bridgehead atoms. The number of rotatable bonds is 5. The molecule has 1 aliphatic carbocycles. The first-order valence-corrected chi connectivity index (χ1v) is 7.53. The molecule has 7 heteroatoms. The van der Waals surface area contributed by atoms with E-state index >= 15 is 0 Å². The maximum Gasteiger partial charge on any atom is 0.326 e. The van der Waals surface area contributed by atoms with Crippen molar-refractivity contribution in [2.24, 2.45) is 0 Å². The fourth-order valence-corrected chi connectivity index (χ4v) is 3.82. The first-order chi connectivity index (χ1) is 9.59. The van der Waals surface area contributed by atoms with E-state index in [0.717, 1.165) is 12.8 Å². The van der Waals surface area contributed by atoms with E-state index in [1.54, 1.807) is 0 Å². The topological polar surface area (TPSA) is 84.1 Å². The van der Waals surface area contributed by atoms with Gasteiger partial charge >= 0.3 is 5.97 Å². The summed E-state index contributed by atoms with van der Waals surface area (Å²) in [5.41, 5.74) is -0.762. The number of carbonyl (C=O) groups excluding carboxylic acids is 1. The minimum atomic E-state index is -0.601. The molecule has 1 heterocycles. The lowest BCUT2D eigenvalue weighted by molar-refractivity contribution is -0.148. The summed E-state index contributed by atoms with van der Waals surface area (Å²) in [6.45, 7) is 2.69. The van der Waals surface area contributed by atoms with Crippen LogP contribution < -0.4 is 10.9 Å². The Morgan fingerprint density at radius 1 is 1.70 bits per heavy atom. The summed E-state index contributed by atoms with van der Waals surface area (Å²) in [6.07, 6.45) is 3.79. The normalized spacial score (nSPS) is 25.6. The van der Waals surface area contributed by atoms with Crippen LogP contribution in [0.3, 0.4) is 0 Å². The molecule has 2 N–H and O–H groups in total. The zero-order chi connectivity index (χ0) is 14.6. The minimum Gasteiger partial charge on any atom is -0.468 e. The van der Waals surface area contributed by atoms with Crippen LogP contribution in [0.4, 0.5) is 0 Å². The Labute approximate surface area is 121 Å². The van der Waals surface area contributed by atoms with Gasteiger partial charge in [0.2, 0.25) is 0 Å². The van der Waals surface area contributed by atoms with Crippen molar-refractivity contribution in [3.05, 3.63) is 22.6 Å². The number of nitrogens with one attached hydrogen (secondary N) is 2. The standard InChI is InChI=1S/C13H19N3O3S/c1-3-15-13(11(18)19-2)6-4-9(8-13)20-12-14-7-5-10(17)16-12/h5,7,9,15H,3-4,6,8H2,1-2H3,(H,14,16,17). The molecule has 1 saturated carbocycles. The number of esters is 1. The molecular formula is C13H19N3O3S. The minimum absolute atomic E-state index is 0.161. The molecule has 1 aromatic rings. The fraction of sp³-hybridized carbons (Fsp3) is 0.615. The molecule has 2 unspecified atom stereocenters. The van der Waals surface area contributed by atoms with Gasteiger partial charge in [0.1, 0.15) is 5.54 Å². The highest BCUT2D eigenvalue weighted by molar-refractivity contribution is 7.99. The Balaban J connectivity index is 2.06. The average molecular weight is 297 g/mol. The van der Waals surface area contributed by atoms with Crippen LogP contribution in [0.25, 0.3) is 0 Å². The summed E-state index contributed by atoms with van der Waals surface area (Å²) in [5.74, 6) is -0.211. The van der Waals surface area contributed by atoms with Crippen molar-refractivity contribution in [2.45, 2.75) is 42.1 Å². The third kappa shape index (κ3) is 3.21. The van der Waals surface area contributed by atoms with Crippen molar-refractivity contribution in [2.75, 3.05) is 13.7 Å². The summed E-state index contributed by atoms with van der Waals surface area (Å²) < 4.78 is 4.92. The van der Waals surface area contributed by atoms with E-state index < -0.39 is 5.54 Å². The Morgan fingerprint density at radius 2 is 2.50 bits per heavy atom. The fourth-order valence-electron chi connectivity index (χ4n) is 2.62. The molecule has 0 aromatic carbocycles. The van der Waals surface area contributed by atoms with Crippen LogP contribution in [0, 0.1) is 0 Å². The highest BCUT2D eigenvalue weighted by atomic mass is 32.2.